The fourth-order valence-electron chi connectivity index (χ4n) is 2.88. The highest BCUT2D eigenvalue weighted by Gasteiger charge is 2.28. The van der Waals surface area contributed by atoms with E-state index >= 15 is 0 Å². The van der Waals surface area contributed by atoms with Crippen molar-refractivity contribution < 1.29 is 9.59 Å². The maximum atomic E-state index is 13.1. The van der Waals surface area contributed by atoms with Crippen molar-refractivity contribution in [2.75, 3.05) is 0 Å². The van der Waals surface area contributed by atoms with Crippen molar-refractivity contribution >= 4 is 11.6 Å². The van der Waals surface area contributed by atoms with Gasteiger partial charge in [-0.05, 0) is 18.9 Å². The van der Waals surface area contributed by atoms with Crippen molar-refractivity contribution in [3.05, 3.63) is 107 Å². The summed E-state index contributed by atoms with van der Waals surface area (Å²) in [6.07, 6.45) is 0.404. The van der Waals surface area contributed by atoms with E-state index in [0.717, 1.165) is 11.1 Å². The van der Waals surface area contributed by atoms with Crippen LogP contribution in [0.3, 0.4) is 0 Å². The quantitative estimate of drug-likeness (QED) is 0.475. The Morgan fingerprint density at radius 2 is 1.16 bits per heavy atom. The first-order chi connectivity index (χ1) is 12.1. The van der Waals surface area contributed by atoms with Crippen LogP contribution in [0.25, 0.3) is 0 Å². The minimum Gasteiger partial charge on any atom is -0.293 e. The third-order valence-electron chi connectivity index (χ3n) is 4.31. The molecule has 124 valence electrons. The second-order valence-electron chi connectivity index (χ2n) is 6.20. The Balaban J connectivity index is 1.95. The highest BCUT2D eigenvalue weighted by molar-refractivity contribution is 6.16. The lowest BCUT2D eigenvalue weighted by Gasteiger charge is -2.15. The molecular formula is C23H20O2. The Kier molecular flexibility index (Phi) is 5.20. The van der Waals surface area contributed by atoms with E-state index < -0.39 is 5.92 Å². The van der Waals surface area contributed by atoms with E-state index in [1.165, 1.54) is 0 Å². The molecule has 0 aliphatic rings. The number of carbonyl (C=O) groups is 2. The summed E-state index contributed by atoms with van der Waals surface area (Å²) >= 11 is 0. The minimum absolute atomic E-state index is 0.127. The predicted octanol–water partition coefficient (Wildman–Crippen LogP) is 4.92. The summed E-state index contributed by atoms with van der Waals surface area (Å²) < 4.78 is 0. The maximum absolute atomic E-state index is 13.1. The molecule has 1 atom stereocenters. The van der Waals surface area contributed by atoms with Crippen LogP contribution in [0.5, 0.6) is 0 Å². The van der Waals surface area contributed by atoms with Gasteiger partial charge in [-0.15, -0.1) is 0 Å². The molecule has 0 fully saturated rings. The first-order valence-electron chi connectivity index (χ1n) is 8.39. The van der Waals surface area contributed by atoms with Gasteiger partial charge < -0.3 is 0 Å². The SMILES string of the molecule is Cc1ccc(C(=O)C(Cc2ccccc2)C(=O)c2ccccc2)cc1. The van der Waals surface area contributed by atoms with E-state index in [-0.39, 0.29) is 11.6 Å². The number of carbonyl (C=O) groups excluding carboxylic acids is 2. The van der Waals surface area contributed by atoms with Gasteiger partial charge in [-0.25, -0.2) is 0 Å². The van der Waals surface area contributed by atoms with Gasteiger partial charge in [0.1, 0.15) is 0 Å². The van der Waals surface area contributed by atoms with E-state index in [0.29, 0.717) is 17.5 Å². The Morgan fingerprint density at radius 3 is 1.72 bits per heavy atom. The van der Waals surface area contributed by atoms with Gasteiger partial charge in [-0.3, -0.25) is 9.59 Å². The van der Waals surface area contributed by atoms with E-state index in [9.17, 15) is 9.59 Å². The molecule has 0 N–H and O–H groups in total. The third-order valence-corrected chi connectivity index (χ3v) is 4.31. The molecule has 2 nitrogen and oxygen atoms in total. The maximum Gasteiger partial charge on any atom is 0.174 e. The average molecular weight is 328 g/mol. The molecule has 2 heteroatoms. The lowest BCUT2D eigenvalue weighted by atomic mass is 9.85. The molecule has 3 aromatic carbocycles. The molecule has 3 aromatic rings. The summed E-state index contributed by atoms with van der Waals surface area (Å²) in [6, 6.07) is 26.1. The van der Waals surface area contributed by atoms with Gasteiger partial charge in [0.05, 0.1) is 5.92 Å². The first kappa shape index (κ1) is 16.8. The molecule has 0 radical (unpaired) electrons. The molecular weight excluding hydrogens is 308 g/mol. The molecule has 0 aliphatic carbocycles. The Hall–Kier alpha value is -3.00. The highest BCUT2D eigenvalue weighted by atomic mass is 16.2. The van der Waals surface area contributed by atoms with E-state index in [1.54, 1.807) is 24.3 Å². The van der Waals surface area contributed by atoms with Crippen LogP contribution in [0.2, 0.25) is 0 Å². The second kappa shape index (κ2) is 7.71. The molecule has 0 aromatic heterocycles. The summed E-state index contributed by atoms with van der Waals surface area (Å²) in [5.74, 6) is -0.972. The number of ketones is 2. The Bertz CT molecular complexity index is 850. The van der Waals surface area contributed by atoms with Gasteiger partial charge >= 0.3 is 0 Å². The van der Waals surface area contributed by atoms with Gasteiger partial charge in [0, 0.05) is 11.1 Å². The van der Waals surface area contributed by atoms with Gasteiger partial charge in [0.2, 0.25) is 0 Å². The fraction of sp³-hybridized carbons (Fsp3) is 0.130. The number of hydrogen-bond donors (Lipinski definition) is 0. The monoisotopic (exact) mass is 328 g/mol. The van der Waals surface area contributed by atoms with Gasteiger partial charge in [0.25, 0.3) is 0 Å². The molecule has 25 heavy (non-hydrogen) atoms. The van der Waals surface area contributed by atoms with Gasteiger partial charge in [-0.2, -0.15) is 0 Å². The molecule has 3 rings (SSSR count). The topological polar surface area (TPSA) is 34.1 Å². The van der Waals surface area contributed by atoms with Gasteiger partial charge in [-0.1, -0.05) is 90.5 Å². The summed E-state index contributed by atoms with van der Waals surface area (Å²) in [5.41, 5.74) is 3.22. The molecule has 0 spiro atoms. The zero-order valence-corrected chi connectivity index (χ0v) is 14.2. The zero-order valence-electron chi connectivity index (χ0n) is 14.2. The van der Waals surface area contributed by atoms with Crippen LogP contribution in [0.1, 0.15) is 31.8 Å². The van der Waals surface area contributed by atoms with E-state index in [1.807, 2.05) is 67.6 Å². The fourth-order valence-corrected chi connectivity index (χ4v) is 2.88. The second-order valence-corrected chi connectivity index (χ2v) is 6.20. The van der Waals surface area contributed by atoms with Crippen LogP contribution >= 0.6 is 0 Å². The lowest BCUT2D eigenvalue weighted by molar-refractivity contribution is 0.0806. The highest BCUT2D eigenvalue weighted by Crippen LogP contribution is 2.20. The molecule has 0 aliphatic heterocycles. The van der Waals surface area contributed by atoms with Crippen LogP contribution in [-0.4, -0.2) is 11.6 Å². The summed E-state index contributed by atoms with van der Waals surface area (Å²) in [6.45, 7) is 1.98. The molecule has 0 saturated carbocycles. The van der Waals surface area contributed by atoms with Crippen LogP contribution in [-0.2, 0) is 6.42 Å². The van der Waals surface area contributed by atoms with Gasteiger partial charge in [0.15, 0.2) is 11.6 Å². The summed E-state index contributed by atoms with van der Waals surface area (Å²) in [5, 5.41) is 0. The molecule has 0 heterocycles. The number of benzene rings is 3. The number of rotatable bonds is 6. The molecule has 0 bridgehead atoms. The van der Waals surface area contributed by atoms with Crippen LogP contribution in [0.15, 0.2) is 84.9 Å². The number of hydrogen-bond acceptors (Lipinski definition) is 2. The number of Topliss-reactive ketones (excluding diaryl/α,β-unsaturated/α-hetero) is 2. The van der Waals surface area contributed by atoms with Crippen molar-refractivity contribution in [2.24, 2.45) is 5.92 Å². The van der Waals surface area contributed by atoms with Crippen LogP contribution in [0, 0.1) is 12.8 Å². The minimum atomic E-state index is -0.715. The largest absolute Gasteiger partial charge is 0.293 e. The van der Waals surface area contributed by atoms with Crippen LogP contribution < -0.4 is 0 Å². The zero-order chi connectivity index (χ0) is 17.6. The Labute approximate surface area is 148 Å². The average Bonchev–Trinajstić information content (AvgIpc) is 2.67. The standard InChI is InChI=1S/C23H20O2/c1-17-12-14-20(15-13-17)23(25)21(16-18-8-4-2-5-9-18)22(24)19-10-6-3-7-11-19/h2-15,21H,16H2,1H3. The van der Waals surface area contributed by atoms with E-state index in [2.05, 4.69) is 0 Å². The van der Waals surface area contributed by atoms with Crippen LogP contribution in [0.4, 0.5) is 0 Å². The first-order valence-corrected chi connectivity index (χ1v) is 8.39. The van der Waals surface area contributed by atoms with E-state index in [4.69, 9.17) is 0 Å². The molecule has 1 unspecified atom stereocenters. The smallest absolute Gasteiger partial charge is 0.174 e. The lowest BCUT2D eigenvalue weighted by Crippen LogP contribution is -2.26. The third kappa shape index (κ3) is 4.10. The molecule has 0 amide bonds. The number of aryl methyl sites for hydroxylation is 1. The van der Waals surface area contributed by atoms with Crippen molar-refractivity contribution in [3.8, 4) is 0 Å². The summed E-state index contributed by atoms with van der Waals surface area (Å²) in [4.78, 5) is 26.1. The van der Waals surface area contributed by atoms with Crippen molar-refractivity contribution in [2.45, 2.75) is 13.3 Å². The van der Waals surface area contributed by atoms with Crippen molar-refractivity contribution in [1.82, 2.24) is 0 Å². The van der Waals surface area contributed by atoms with Crippen molar-refractivity contribution in [1.29, 1.82) is 0 Å². The van der Waals surface area contributed by atoms with Crippen molar-refractivity contribution in [3.63, 3.8) is 0 Å². The predicted molar refractivity (Wildman–Crippen MR) is 99.9 cm³/mol. The normalized spacial score (nSPS) is 11.7. The molecule has 0 saturated heterocycles. The Morgan fingerprint density at radius 1 is 0.680 bits per heavy atom. The summed E-state index contributed by atoms with van der Waals surface area (Å²) in [7, 11) is 0.